The molecule has 0 spiro atoms. The highest BCUT2D eigenvalue weighted by Crippen LogP contribution is 2.34. The SMILES string of the molecule is CCOC=C1C(=O)N(c2ccccc2)C(=O)c2cc(OC)ccc21. The summed E-state index contributed by atoms with van der Waals surface area (Å²) < 4.78 is 10.5. The molecular formula is C19H17NO4. The molecule has 1 aliphatic rings. The zero-order chi connectivity index (χ0) is 17.1. The van der Waals surface area contributed by atoms with E-state index in [0.29, 0.717) is 34.7 Å². The molecule has 3 rings (SSSR count). The Morgan fingerprint density at radius 3 is 2.42 bits per heavy atom. The first-order valence-corrected chi connectivity index (χ1v) is 7.61. The van der Waals surface area contributed by atoms with E-state index < -0.39 is 5.91 Å². The Morgan fingerprint density at radius 1 is 1.00 bits per heavy atom. The van der Waals surface area contributed by atoms with Crippen LogP contribution < -0.4 is 9.64 Å². The Morgan fingerprint density at radius 2 is 1.75 bits per heavy atom. The molecule has 24 heavy (non-hydrogen) atoms. The van der Waals surface area contributed by atoms with Crippen molar-refractivity contribution in [2.45, 2.75) is 6.92 Å². The smallest absolute Gasteiger partial charge is 0.269 e. The van der Waals surface area contributed by atoms with Gasteiger partial charge in [-0.15, -0.1) is 0 Å². The average Bonchev–Trinajstić information content (AvgIpc) is 2.62. The highest BCUT2D eigenvalue weighted by molar-refractivity contribution is 6.40. The van der Waals surface area contributed by atoms with Gasteiger partial charge in [-0.1, -0.05) is 18.2 Å². The number of carbonyl (C=O) groups excluding carboxylic acids is 2. The van der Waals surface area contributed by atoms with Crippen molar-refractivity contribution in [3.05, 3.63) is 65.9 Å². The van der Waals surface area contributed by atoms with Crippen molar-refractivity contribution >= 4 is 23.1 Å². The molecule has 122 valence electrons. The van der Waals surface area contributed by atoms with E-state index >= 15 is 0 Å². The summed E-state index contributed by atoms with van der Waals surface area (Å²) >= 11 is 0. The van der Waals surface area contributed by atoms with Crippen LogP contribution in [0.25, 0.3) is 5.57 Å². The molecule has 5 heteroatoms. The molecule has 2 aromatic carbocycles. The minimum Gasteiger partial charge on any atom is -0.501 e. The molecule has 0 fully saturated rings. The van der Waals surface area contributed by atoms with E-state index in [2.05, 4.69) is 0 Å². The number of hydrogen-bond acceptors (Lipinski definition) is 4. The number of rotatable bonds is 4. The molecule has 1 heterocycles. The first-order chi connectivity index (χ1) is 11.7. The molecule has 5 nitrogen and oxygen atoms in total. The van der Waals surface area contributed by atoms with Gasteiger partial charge >= 0.3 is 0 Å². The second-order valence-corrected chi connectivity index (χ2v) is 5.18. The number of carbonyl (C=O) groups is 2. The fourth-order valence-corrected chi connectivity index (χ4v) is 2.60. The first-order valence-electron chi connectivity index (χ1n) is 7.61. The molecule has 0 radical (unpaired) electrons. The molecule has 2 amide bonds. The summed E-state index contributed by atoms with van der Waals surface area (Å²) in [7, 11) is 1.53. The van der Waals surface area contributed by atoms with Crippen molar-refractivity contribution < 1.29 is 19.1 Å². The van der Waals surface area contributed by atoms with Gasteiger partial charge in [0.05, 0.1) is 36.8 Å². The van der Waals surface area contributed by atoms with Gasteiger partial charge in [0, 0.05) is 5.56 Å². The van der Waals surface area contributed by atoms with Gasteiger partial charge in [-0.3, -0.25) is 9.59 Å². The Bertz CT molecular complexity index is 811. The largest absolute Gasteiger partial charge is 0.501 e. The lowest BCUT2D eigenvalue weighted by molar-refractivity contribution is -0.113. The monoisotopic (exact) mass is 323 g/mol. The third-order valence-electron chi connectivity index (χ3n) is 3.77. The molecule has 0 saturated heterocycles. The number of imide groups is 1. The highest BCUT2D eigenvalue weighted by Gasteiger charge is 2.36. The summed E-state index contributed by atoms with van der Waals surface area (Å²) in [6, 6.07) is 13.9. The average molecular weight is 323 g/mol. The van der Waals surface area contributed by atoms with Crippen molar-refractivity contribution in [1.82, 2.24) is 0 Å². The van der Waals surface area contributed by atoms with Crippen LogP contribution in [0.2, 0.25) is 0 Å². The van der Waals surface area contributed by atoms with Gasteiger partial charge in [-0.05, 0) is 37.3 Å². The number of methoxy groups -OCH3 is 1. The van der Waals surface area contributed by atoms with Gasteiger partial charge in [-0.25, -0.2) is 4.90 Å². The van der Waals surface area contributed by atoms with Crippen LogP contribution in [0.3, 0.4) is 0 Å². The van der Waals surface area contributed by atoms with Gasteiger partial charge in [0.25, 0.3) is 11.8 Å². The van der Waals surface area contributed by atoms with E-state index in [1.807, 2.05) is 13.0 Å². The molecule has 2 aromatic rings. The lowest BCUT2D eigenvalue weighted by Gasteiger charge is -2.28. The summed E-state index contributed by atoms with van der Waals surface area (Å²) in [5.41, 5.74) is 1.82. The van der Waals surface area contributed by atoms with Gasteiger partial charge in [0.2, 0.25) is 0 Å². The maximum absolute atomic E-state index is 12.9. The fraction of sp³-hybridized carbons (Fsp3) is 0.158. The van der Waals surface area contributed by atoms with Crippen LogP contribution in [-0.2, 0) is 9.53 Å². The van der Waals surface area contributed by atoms with E-state index in [1.54, 1.807) is 42.5 Å². The Balaban J connectivity index is 2.18. The van der Waals surface area contributed by atoms with Gasteiger partial charge in [0.1, 0.15) is 5.75 Å². The number of ether oxygens (including phenoxy) is 2. The molecule has 0 aliphatic carbocycles. The number of fused-ring (bicyclic) bond motifs is 1. The Labute approximate surface area is 140 Å². The number of nitrogens with zero attached hydrogens (tertiary/aromatic N) is 1. The second-order valence-electron chi connectivity index (χ2n) is 5.18. The van der Waals surface area contributed by atoms with Crippen LogP contribution in [0, 0.1) is 0 Å². The van der Waals surface area contributed by atoms with Crippen LogP contribution in [-0.4, -0.2) is 25.5 Å². The summed E-state index contributed by atoms with van der Waals surface area (Å²) in [6.07, 6.45) is 1.41. The van der Waals surface area contributed by atoms with E-state index in [-0.39, 0.29) is 5.91 Å². The standard InChI is InChI=1S/C19H17NO4/c1-3-24-12-17-15-10-9-14(23-2)11-16(15)18(21)20(19(17)22)13-7-5-4-6-8-13/h4-12H,3H2,1-2H3. The fourth-order valence-electron chi connectivity index (χ4n) is 2.60. The third kappa shape index (κ3) is 2.65. The second kappa shape index (κ2) is 6.58. The van der Waals surface area contributed by atoms with E-state index in [1.165, 1.54) is 13.4 Å². The zero-order valence-corrected chi connectivity index (χ0v) is 13.5. The summed E-state index contributed by atoms with van der Waals surface area (Å²) in [5.74, 6) is -0.230. The van der Waals surface area contributed by atoms with Crippen molar-refractivity contribution in [2.75, 3.05) is 18.6 Å². The summed E-state index contributed by atoms with van der Waals surface area (Å²) in [5, 5.41) is 0. The molecule has 0 saturated carbocycles. The normalized spacial score (nSPS) is 15.4. The zero-order valence-electron chi connectivity index (χ0n) is 13.5. The lowest BCUT2D eigenvalue weighted by Crippen LogP contribution is -2.41. The summed E-state index contributed by atoms with van der Waals surface area (Å²) in [4.78, 5) is 26.9. The van der Waals surface area contributed by atoms with Gasteiger partial charge in [0.15, 0.2) is 0 Å². The first kappa shape index (κ1) is 15.8. The topological polar surface area (TPSA) is 55.8 Å². The lowest BCUT2D eigenvalue weighted by atomic mass is 9.93. The van der Waals surface area contributed by atoms with E-state index in [9.17, 15) is 9.59 Å². The maximum atomic E-state index is 12.9. The van der Waals surface area contributed by atoms with Crippen LogP contribution in [0.4, 0.5) is 5.69 Å². The minimum absolute atomic E-state index is 0.345. The van der Waals surface area contributed by atoms with Crippen LogP contribution in [0.1, 0.15) is 22.8 Å². The number of anilines is 1. The molecule has 1 aliphatic heterocycles. The minimum atomic E-state index is -0.405. The number of para-hydroxylation sites is 1. The van der Waals surface area contributed by atoms with Crippen LogP contribution in [0.15, 0.2) is 54.8 Å². The summed E-state index contributed by atoms with van der Waals surface area (Å²) in [6.45, 7) is 2.26. The third-order valence-corrected chi connectivity index (χ3v) is 3.77. The van der Waals surface area contributed by atoms with Crippen molar-refractivity contribution in [3.8, 4) is 5.75 Å². The quantitative estimate of drug-likeness (QED) is 0.492. The predicted molar refractivity (Wildman–Crippen MR) is 90.9 cm³/mol. The number of hydrogen-bond donors (Lipinski definition) is 0. The Hall–Kier alpha value is -3.08. The highest BCUT2D eigenvalue weighted by atomic mass is 16.5. The molecule has 0 bridgehead atoms. The van der Waals surface area contributed by atoms with Crippen LogP contribution in [0.5, 0.6) is 5.75 Å². The predicted octanol–water partition coefficient (Wildman–Crippen LogP) is 3.26. The molecule has 0 N–H and O–H groups in total. The number of benzene rings is 2. The van der Waals surface area contributed by atoms with Crippen molar-refractivity contribution in [3.63, 3.8) is 0 Å². The maximum Gasteiger partial charge on any atom is 0.269 e. The Kier molecular flexibility index (Phi) is 4.33. The van der Waals surface area contributed by atoms with Gasteiger partial charge in [-0.2, -0.15) is 0 Å². The van der Waals surface area contributed by atoms with Gasteiger partial charge < -0.3 is 9.47 Å². The van der Waals surface area contributed by atoms with Crippen LogP contribution >= 0.6 is 0 Å². The molecular weight excluding hydrogens is 306 g/mol. The van der Waals surface area contributed by atoms with Crippen molar-refractivity contribution in [1.29, 1.82) is 0 Å². The molecule has 0 unspecified atom stereocenters. The molecule has 0 atom stereocenters. The molecule has 0 aromatic heterocycles. The van der Waals surface area contributed by atoms with E-state index in [0.717, 1.165) is 4.90 Å². The van der Waals surface area contributed by atoms with E-state index in [4.69, 9.17) is 9.47 Å². The number of amides is 2. The van der Waals surface area contributed by atoms with Crippen molar-refractivity contribution in [2.24, 2.45) is 0 Å².